The van der Waals surface area contributed by atoms with Gasteiger partial charge in [0.05, 0.1) is 17.8 Å². The van der Waals surface area contributed by atoms with E-state index in [1.807, 2.05) is 13.0 Å². The van der Waals surface area contributed by atoms with E-state index in [2.05, 4.69) is 27.7 Å². The lowest BCUT2D eigenvalue weighted by Crippen LogP contribution is -2.46. The van der Waals surface area contributed by atoms with Crippen LogP contribution in [0.4, 0.5) is 0 Å². The Labute approximate surface area is 144 Å². The molecule has 1 saturated heterocycles. The summed E-state index contributed by atoms with van der Waals surface area (Å²) in [5.74, 6) is 0.276. The molecule has 1 fully saturated rings. The maximum absolute atomic E-state index is 12.2. The molecule has 3 rings (SSSR count). The van der Waals surface area contributed by atoms with Crippen LogP contribution in [0.3, 0.4) is 0 Å². The third-order valence-corrected chi connectivity index (χ3v) is 5.97. The first-order valence-electron chi connectivity index (χ1n) is 9.10. The van der Waals surface area contributed by atoms with Crippen molar-refractivity contribution in [1.82, 2.24) is 0 Å². The van der Waals surface area contributed by atoms with Crippen molar-refractivity contribution < 1.29 is 19.4 Å². The van der Waals surface area contributed by atoms with Crippen LogP contribution in [0.1, 0.15) is 60.3 Å². The number of fused-ring (bicyclic) bond motifs is 2. The molecule has 134 valence electrons. The number of epoxide rings is 1. The standard InChI is InChI=1S/C20H30O4/c1-12(2)15-9-18(22)24-19(4)11-17-20(5,23-17)10-14(21)8-13(3)6-7-16(15)19/h8-9,12,14,16-17,21H,6-7,10-11H2,1-5H3. The third kappa shape index (κ3) is 3.31. The van der Waals surface area contributed by atoms with Gasteiger partial charge < -0.3 is 14.6 Å². The molecule has 24 heavy (non-hydrogen) atoms. The first-order valence-corrected chi connectivity index (χ1v) is 9.10. The Kier molecular flexibility index (Phi) is 4.42. The number of hydrogen-bond donors (Lipinski definition) is 1. The van der Waals surface area contributed by atoms with E-state index in [0.717, 1.165) is 12.8 Å². The Hall–Kier alpha value is -1.13. The Morgan fingerprint density at radius 3 is 2.62 bits per heavy atom. The fourth-order valence-corrected chi connectivity index (χ4v) is 4.50. The van der Waals surface area contributed by atoms with Crippen molar-refractivity contribution in [3.8, 4) is 0 Å². The van der Waals surface area contributed by atoms with Gasteiger partial charge in [-0.15, -0.1) is 0 Å². The van der Waals surface area contributed by atoms with Crippen molar-refractivity contribution in [3.05, 3.63) is 23.3 Å². The van der Waals surface area contributed by atoms with Crippen LogP contribution in [0.15, 0.2) is 23.3 Å². The minimum atomic E-state index is -0.538. The highest BCUT2D eigenvalue weighted by Gasteiger charge is 2.58. The normalized spacial score (nSPS) is 43.0. The van der Waals surface area contributed by atoms with Gasteiger partial charge >= 0.3 is 5.97 Å². The van der Waals surface area contributed by atoms with Gasteiger partial charge in [0.25, 0.3) is 0 Å². The summed E-state index contributed by atoms with van der Waals surface area (Å²) in [6.45, 7) is 10.4. The van der Waals surface area contributed by atoms with Crippen LogP contribution in [-0.2, 0) is 14.3 Å². The molecule has 4 heteroatoms. The van der Waals surface area contributed by atoms with Gasteiger partial charge in [-0.25, -0.2) is 4.79 Å². The zero-order chi connectivity index (χ0) is 17.7. The second-order valence-corrected chi connectivity index (χ2v) is 8.53. The average molecular weight is 334 g/mol. The highest BCUT2D eigenvalue weighted by Crippen LogP contribution is 2.50. The summed E-state index contributed by atoms with van der Waals surface area (Å²) >= 11 is 0. The first kappa shape index (κ1) is 17.7. The van der Waals surface area contributed by atoms with E-state index >= 15 is 0 Å². The van der Waals surface area contributed by atoms with Crippen molar-refractivity contribution in [2.75, 3.05) is 0 Å². The Morgan fingerprint density at radius 1 is 1.25 bits per heavy atom. The molecular weight excluding hydrogens is 304 g/mol. The van der Waals surface area contributed by atoms with Crippen molar-refractivity contribution >= 4 is 5.97 Å². The fraction of sp³-hybridized carbons (Fsp3) is 0.750. The lowest BCUT2D eigenvalue weighted by atomic mass is 9.71. The maximum Gasteiger partial charge on any atom is 0.331 e. The quantitative estimate of drug-likeness (QED) is 0.453. The monoisotopic (exact) mass is 334 g/mol. The topological polar surface area (TPSA) is 59.1 Å². The molecule has 0 aromatic heterocycles. The van der Waals surface area contributed by atoms with Gasteiger partial charge in [-0.1, -0.05) is 31.1 Å². The van der Waals surface area contributed by atoms with E-state index < -0.39 is 11.7 Å². The molecule has 5 unspecified atom stereocenters. The summed E-state index contributed by atoms with van der Waals surface area (Å²) in [6, 6.07) is 0. The van der Waals surface area contributed by atoms with E-state index in [-0.39, 0.29) is 23.6 Å². The molecule has 2 aliphatic heterocycles. The number of rotatable bonds is 1. The van der Waals surface area contributed by atoms with E-state index in [1.54, 1.807) is 6.08 Å². The second-order valence-electron chi connectivity index (χ2n) is 8.53. The Morgan fingerprint density at radius 2 is 1.96 bits per heavy atom. The highest BCUT2D eigenvalue weighted by atomic mass is 16.6. The summed E-state index contributed by atoms with van der Waals surface area (Å²) < 4.78 is 11.8. The predicted molar refractivity (Wildman–Crippen MR) is 92.4 cm³/mol. The number of aliphatic hydroxyl groups excluding tert-OH is 1. The molecule has 1 aliphatic carbocycles. The summed E-state index contributed by atoms with van der Waals surface area (Å²) in [7, 11) is 0. The van der Waals surface area contributed by atoms with Crippen LogP contribution in [0, 0.1) is 11.8 Å². The van der Waals surface area contributed by atoms with Gasteiger partial charge in [-0.2, -0.15) is 0 Å². The summed E-state index contributed by atoms with van der Waals surface area (Å²) in [5.41, 5.74) is 1.51. The van der Waals surface area contributed by atoms with Gasteiger partial charge in [0, 0.05) is 24.8 Å². The number of carbonyl (C=O) groups is 1. The number of aliphatic hydroxyl groups is 1. The molecule has 0 aromatic carbocycles. The molecule has 0 amide bonds. The van der Waals surface area contributed by atoms with E-state index in [4.69, 9.17) is 9.47 Å². The lowest BCUT2D eigenvalue weighted by Gasteiger charge is -2.42. The van der Waals surface area contributed by atoms with Crippen LogP contribution >= 0.6 is 0 Å². The largest absolute Gasteiger partial charge is 0.455 e. The van der Waals surface area contributed by atoms with Crippen molar-refractivity contribution in [1.29, 1.82) is 0 Å². The molecule has 1 N–H and O–H groups in total. The van der Waals surface area contributed by atoms with Crippen LogP contribution in [0.5, 0.6) is 0 Å². The Bertz CT molecular complexity index is 590. The molecule has 0 spiro atoms. The number of allylic oxidation sites excluding steroid dienone is 1. The van der Waals surface area contributed by atoms with Gasteiger partial charge in [0.15, 0.2) is 0 Å². The molecule has 0 bridgehead atoms. The lowest BCUT2D eigenvalue weighted by molar-refractivity contribution is -0.161. The fourth-order valence-electron chi connectivity index (χ4n) is 4.50. The van der Waals surface area contributed by atoms with Crippen molar-refractivity contribution in [3.63, 3.8) is 0 Å². The molecule has 0 radical (unpaired) electrons. The molecule has 5 atom stereocenters. The minimum absolute atomic E-state index is 0.0331. The minimum Gasteiger partial charge on any atom is -0.455 e. The summed E-state index contributed by atoms with van der Waals surface area (Å²) in [6.07, 6.45) is 6.32. The van der Waals surface area contributed by atoms with Crippen molar-refractivity contribution in [2.45, 2.75) is 83.7 Å². The van der Waals surface area contributed by atoms with Gasteiger partial charge in [0.1, 0.15) is 5.60 Å². The summed E-state index contributed by atoms with van der Waals surface area (Å²) in [4.78, 5) is 12.2. The van der Waals surface area contributed by atoms with Crippen LogP contribution in [0.25, 0.3) is 0 Å². The summed E-state index contributed by atoms with van der Waals surface area (Å²) in [5, 5.41) is 10.3. The number of carbonyl (C=O) groups excluding carboxylic acids is 1. The zero-order valence-electron chi connectivity index (χ0n) is 15.5. The highest BCUT2D eigenvalue weighted by molar-refractivity contribution is 5.84. The second kappa shape index (κ2) is 5.99. The number of esters is 1. The maximum atomic E-state index is 12.2. The molecule has 4 nitrogen and oxygen atoms in total. The predicted octanol–water partition coefficient (Wildman–Crippen LogP) is 3.54. The van der Waals surface area contributed by atoms with E-state index in [0.29, 0.717) is 18.8 Å². The van der Waals surface area contributed by atoms with E-state index in [9.17, 15) is 9.90 Å². The van der Waals surface area contributed by atoms with Crippen LogP contribution in [0.2, 0.25) is 0 Å². The first-order chi connectivity index (χ1) is 11.1. The molecule has 0 saturated carbocycles. The smallest absolute Gasteiger partial charge is 0.331 e. The van der Waals surface area contributed by atoms with Crippen molar-refractivity contribution in [2.24, 2.45) is 11.8 Å². The Balaban J connectivity index is 1.96. The average Bonchev–Trinajstić information content (AvgIpc) is 3.03. The van der Waals surface area contributed by atoms with Gasteiger partial charge in [-0.05, 0) is 39.5 Å². The molecule has 3 aliphatic rings. The SMILES string of the molecule is CC1=CC(O)CC2(C)OC2CC2(C)OC(=O)C=C(C(C)C)C2CC1. The van der Waals surface area contributed by atoms with E-state index in [1.165, 1.54) is 11.1 Å². The van der Waals surface area contributed by atoms with Gasteiger partial charge in [0.2, 0.25) is 0 Å². The van der Waals surface area contributed by atoms with Crippen LogP contribution in [-0.4, -0.2) is 34.5 Å². The van der Waals surface area contributed by atoms with Crippen LogP contribution < -0.4 is 0 Å². The third-order valence-electron chi connectivity index (χ3n) is 5.97. The number of hydrogen-bond acceptors (Lipinski definition) is 4. The molecular formula is C20H30O4. The molecule has 2 heterocycles. The number of ether oxygens (including phenoxy) is 2. The zero-order valence-corrected chi connectivity index (χ0v) is 15.5. The molecule has 0 aromatic rings. The van der Waals surface area contributed by atoms with Gasteiger partial charge in [-0.3, -0.25) is 0 Å².